The summed E-state index contributed by atoms with van der Waals surface area (Å²) >= 11 is 8.23. The molecule has 0 radical (unpaired) electrons. The number of aliphatic hydroxyl groups is 1. The van der Waals surface area contributed by atoms with E-state index in [2.05, 4.69) is 20.1 Å². The number of hydrogen-bond donors (Lipinski definition) is 1. The summed E-state index contributed by atoms with van der Waals surface area (Å²) in [6.45, 7) is 14.4. The number of benzene rings is 2. The Balaban J connectivity index is 1.61. The van der Waals surface area contributed by atoms with Crippen LogP contribution in [0, 0.1) is 17.8 Å². The van der Waals surface area contributed by atoms with Gasteiger partial charge in [-0.1, -0.05) is 80.1 Å². The summed E-state index contributed by atoms with van der Waals surface area (Å²) in [5, 5.41) is 11.0. The molecular weight excluding hydrogens is 594 g/mol. The molecule has 3 amide bonds. The second kappa shape index (κ2) is 12.7. The highest BCUT2D eigenvalue weighted by Crippen LogP contribution is 2.72. The van der Waals surface area contributed by atoms with Gasteiger partial charge in [0, 0.05) is 24.4 Å². The molecule has 44 heavy (non-hydrogen) atoms. The van der Waals surface area contributed by atoms with Gasteiger partial charge in [0.15, 0.2) is 0 Å². The number of hydrogen-bond acceptors (Lipinski definition) is 5. The average Bonchev–Trinajstić information content (AvgIpc) is 3.57. The van der Waals surface area contributed by atoms with Crippen LogP contribution in [0.15, 0.2) is 79.9 Å². The number of aliphatic hydroxyl groups excluding tert-OH is 1. The number of rotatable bonds is 12. The summed E-state index contributed by atoms with van der Waals surface area (Å²) in [4.78, 5) is 49.2. The molecule has 9 heteroatoms. The van der Waals surface area contributed by atoms with Crippen molar-refractivity contribution in [3.8, 4) is 0 Å². The topological polar surface area (TPSA) is 81.2 Å². The first-order valence-corrected chi connectivity index (χ1v) is 16.5. The molecular formula is C35H42ClN3O4S. The number of carbonyl (C=O) groups excluding carboxylic acids is 3. The van der Waals surface area contributed by atoms with Gasteiger partial charge in [0.1, 0.15) is 6.04 Å². The standard InChI is InChI=1S/C35H42ClN3O4S/c1-6-19-37(21-24-13-9-8-10-14-24)31(41)28-29-32(42)39(27(22-40)23(3)4)30(35(29)18-17-34(28,5)44-35)33(43)38(20-7-2)26-16-12-11-15-25(26)36/h6-16,23,27-30,40H,1-2,17-22H2,3-5H3/t27-,28+,29-,30?,34-,35?/m0/s1. The highest BCUT2D eigenvalue weighted by Gasteiger charge is 2.78. The van der Waals surface area contributed by atoms with Crippen molar-refractivity contribution in [3.05, 3.63) is 90.5 Å². The Morgan fingerprint density at radius 1 is 1.07 bits per heavy atom. The van der Waals surface area contributed by atoms with E-state index in [9.17, 15) is 19.5 Å². The molecule has 0 aromatic heterocycles. The molecule has 3 aliphatic rings. The first-order valence-electron chi connectivity index (χ1n) is 15.3. The third-order valence-corrected chi connectivity index (χ3v) is 11.9. The van der Waals surface area contributed by atoms with Crippen molar-refractivity contribution < 1.29 is 19.5 Å². The summed E-state index contributed by atoms with van der Waals surface area (Å²) in [7, 11) is 0. The molecule has 7 nitrogen and oxygen atoms in total. The molecule has 234 valence electrons. The van der Waals surface area contributed by atoms with Gasteiger partial charge >= 0.3 is 0 Å². The van der Waals surface area contributed by atoms with Crippen molar-refractivity contribution in [2.75, 3.05) is 24.6 Å². The molecule has 6 atom stereocenters. The van der Waals surface area contributed by atoms with Crippen LogP contribution in [-0.2, 0) is 20.9 Å². The second-order valence-corrected chi connectivity index (χ2v) is 15.0. The van der Waals surface area contributed by atoms with Crippen LogP contribution in [-0.4, -0.2) is 73.9 Å². The summed E-state index contributed by atoms with van der Waals surface area (Å²) < 4.78 is -1.36. The predicted molar refractivity (Wildman–Crippen MR) is 177 cm³/mol. The molecule has 2 unspecified atom stereocenters. The van der Waals surface area contributed by atoms with Crippen molar-refractivity contribution in [3.63, 3.8) is 0 Å². The Labute approximate surface area is 269 Å². The highest BCUT2D eigenvalue weighted by molar-refractivity contribution is 8.02. The fourth-order valence-electron chi connectivity index (χ4n) is 7.64. The van der Waals surface area contributed by atoms with Gasteiger partial charge in [-0.15, -0.1) is 24.9 Å². The number of halogens is 1. The Morgan fingerprint density at radius 2 is 1.73 bits per heavy atom. The van der Waals surface area contributed by atoms with Gasteiger partial charge in [0.25, 0.3) is 5.91 Å². The maximum atomic E-state index is 14.9. The first-order chi connectivity index (χ1) is 21.0. The van der Waals surface area contributed by atoms with Crippen LogP contribution in [0.3, 0.4) is 0 Å². The van der Waals surface area contributed by atoms with Gasteiger partial charge in [-0.05, 0) is 43.4 Å². The zero-order chi connectivity index (χ0) is 31.8. The lowest BCUT2D eigenvalue weighted by Gasteiger charge is -2.40. The minimum Gasteiger partial charge on any atom is -0.394 e. The summed E-state index contributed by atoms with van der Waals surface area (Å²) in [5.74, 6) is -2.06. The van der Waals surface area contributed by atoms with Crippen LogP contribution in [0.2, 0.25) is 5.02 Å². The van der Waals surface area contributed by atoms with Crippen LogP contribution in [0.4, 0.5) is 5.69 Å². The van der Waals surface area contributed by atoms with Crippen molar-refractivity contribution in [1.29, 1.82) is 0 Å². The Morgan fingerprint density at radius 3 is 2.34 bits per heavy atom. The minimum atomic E-state index is -0.887. The van der Waals surface area contributed by atoms with E-state index in [0.717, 1.165) is 5.56 Å². The molecule has 1 spiro atoms. The largest absolute Gasteiger partial charge is 0.394 e. The number of carbonyl (C=O) groups is 3. The zero-order valence-electron chi connectivity index (χ0n) is 25.7. The lowest BCUT2D eigenvalue weighted by atomic mass is 9.66. The number of nitrogens with zero attached hydrogens (tertiary/aromatic N) is 3. The van der Waals surface area contributed by atoms with Crippen LogP contribution < -0.4 is 4.90 Å². The number of anilines is 1. The molecule has 5 rings (SSSR count). The Bertz CT molecular complexity index is 1440. The molecule has 2 aromatic carbocycles. The van der Waals surface area contributed by atoms with Crippen molar-refractivity contribution in [2.24, 2.45) is 17.8 Å². The van der Waals surface area contributed by atoms with E-state index in [1.807, 2.05) is 50.2 Å². The molecule has 0 saturated carbocycles. The Hall–Kier alpha value is -3.07. The van der Waals surface area contributed by atoms with E-state index < -0.39 is 33.4 Å². The number of amides is 3. The van der Waals surface area contributed by atoms with Gasteiger partial charge in [-0.2, -0.15) is 0 Å². The zero-order valence-corrected chi connectivity index (χ0v) is 27.3. The third-order valence-electron chi connectivity index (χ3n) is 9.63. The van der Waals surface area contributed by atoms with E-state index >= 15 is 0 Å². The first kappa shape index (κ1) is 32.3. The van der Waals surface area contributed by atoms with Gasteiger partial charge in [0.05, 0.1) is 39.9 Å². The summed E-state index contributed by atoms with van der Waals surface area (Å²) in [6, 6.07) is 15.5. The quantitative estimate of drug-likeness (QED) is 0.309. The van der Waals surface area contributed by atoms with E-state index in [4.69, 9.17) is 11.6 Å². The molecule has 3 heterocycles. The van der Waals surface area contributed by atoms with Crippen molar-refractivity contribution in [1.82, 2.24) is 9.80 Å². The third kappa shape index (κ3) is 5.29. The van der Waals surface area contributed by atoms with Gasteiger partial charge < -0.3 is 19.8 Å². The number of fused-ring (bicyclic) bond motifs is 1. The smallest absolute Gasteiger partial charge is 0.251 e. The van der Waals surface area contributed by atoms with E-state index in [0.29, 0.717) is 36.6 Å². The lowest BCUT2D eigenvalue weighted by molar-refractivity contribution is -0.147. The average molecular weight is 636 g/mol. The molecule has 2 aromatic rings. The predicted octanol–water partition coefficient (Wildman–Crippen LogP) is 5.57. The van der Waals surface area contributed by atoms with Gasteiger partial charge in [-0.25, -0.2) is 0 Å². The fraction of sp³-hybridized carbons (Fsp3) is 0.457. The summed E-state index contributed by atoms with van der Waals surface area (Å²) in [5.41, 5.74) is 1.53. The lowest BCUT2D eigenvalue weighted by Crippen LogP contribution is -2.58. The van der Waals surface area contributed by atoms with E-state index in [1.54, 1.807) is 56.8 Å². The van der Waals surface area contributed by atoms with Gasteiger partial charge in [-0.3, -0.25) is 14.4 Å². The molecule has 1 N–H and O–H groups in total. The highest BCUT2D eigenvalue weighted by atomic mass is 35.5. The number of para-hydroxylation sites is 1. The summed E-state index contributed by atoms with van der Waals surface area (Å²) in [6.07, 6.45) is 4.67. The minimum absolute atomic E-state index is 0.101. The molecule has 3 fully saturated rings. The SMILES string of the molecule is C=CCN(Cc1ccccc1)C(=O)[C@H]1[C@H]2C(=O)N([C@@H](CO)C(C)C)C(C(=O)N(CC=C)c3ccccc3Cl)C23CC[C@]1(C)S3. The van der Waals surface area contributed by atoms with Crippen molar-refractivity contribution >= 4 is 46.8 Å². The van der Waals surface area contributed by atoms with Crippen LogP contribution >= 0.6 is 23.4 Å². The molecule has 3 aliphatic heterocycles. The van der Waals surface area contributed by atoms with Crippen LogP contribution in [0.25, 0.3) is 0 Å². The van der Waals surface area contributed by atoms with E-state index in [-0.39, 0.29) is 36.8 Å². The molecule has 2 bridgehead atoms. The Kier molecular flexibility index (Phi) is 9.36. The van der Waals surface area contributed by atoms with Crippen LogP contribution in [0.5, 0.6) is 0 Å². The van der Waals surface area contributed by atoms with E-state index in [1.165, 1.54) is 0 Å². The van der Waals surface area contributed by atoms with Crippen molar-refractivity contribution in [2.45, 2.75) is 61.7 Å². The molecule has 3 saturated heterocycles. The maximum Gasteiger partial charge on any atom is 0.251 e. The molecule has 0 aliphatic carbocycles. The normalized spacial score (nSPS) is 27.7. The van der Waals surface area contributed by atoms with Gasteiger partial charge in [0.2, 0.25) is 11.8 Å². The maximum absolute atomic E-state index is 14.9. The van der Waals surface area contributed by atoms with Crippen LogP contribution in [0.1, 0.15) is 39.2 Å². The fourth-order valence-corrected chi connectivity index (χ4v) is 10.2. The monoisotopic (exact) mass is 635 g/mol. The number of likely N-dealkylation sites (tertiary alicyclic amines) is 1. The second-order valence-electron chi connectivity index (χ2n) is 12.6. The number of thioether (sulfide) groups is 1.